The Morgan fingerprint density at radius 3 is 2.82 bits per heavy atom. The average Bonchev–Trinajstić information content (AvgIpc) is 3.16. The molecule has 2 aliphatic rings. The topological polar surface area (TPSA) is 104 Å². The molecule has 28 heavy (non-hydrogen) atoms. The van der Waals surface area contributed by atoms with Crippen LogP contribution in [0.1, 0.15) is 18.4 Å². The molecule has 2 unspecified atom stereocenters. The Morgan fingerprint density at radius 2 is 2.25 bits per heavy atom. The Balaban J connectivity index is 1.93. The monoisotopic (exact) mass is 434 g/mol. The Labute approximate surface area is 167 Å². The van der Waals surface area contributed by atoms with Gasteiger partial charge in [-0.15, -0.1) is 0 Å². The number of likely N-dealkylation sites (tertiary alicyclic amines) is 1. The van der Waals surface area contributed by atoms with E-state index in [0.717, 1.165) is 16.2 Å². The van der Waals surface area contributed by atoms with E-state index in [1.165, 1.54) is 13.3 Å². The number of methoxy groups -OCH3 is 1. The highest BCUT2D eigenvalue weighted by molar-refractivity contribution is 7.17. The van der Waals surface area contributed by atoms with E-state index in [9.17, 15) is 23.5 Å². The standard InChI is InChI=1S/C16H17ClF2N4O4S/c1-7-11(15(26)27-2)8(22-12(21-7)13-20-4-10(17)28-13)5-23-6-16(18,19)3-9(23)14(24)25/h4,7,9H,3,5-6H2,1-2H3,(H,21,22)(H,24,25). The summed E-state index contributed by atoms with van der Waals surface area (Å²) < 4.78 is 32.9. The lowest BCUT2D eigenvalue weighted by Gasteiger charge is -2.28. The molecule has 1 aromatic rings. The van der Waals surface area contributed by atoms with Gasteiger partial charge in [0, 0.05) is 18.7 Å². The molecule has 0 saturated carbocycles. The third-order valence-electron chi connectivity index (χ3n) is 4.43. The van der Waals surface area contributed by atoms with Crippen molar-refractivity contribution in [3.8, 4) is 0 Å². The number of halogens is 3. The minimum absolute atomic E-state index is 0.147. The molecule has 8 nitrogen and oxygen atoms in total. The Hall–Kier alpha value is -2.11. The summed E-state index contributed by atoms with van der Waals surface area (Å²) in [6.07, 6.45) is 0.652. The molecule has 2 atom stereocenters. The van der Waals surface area contributed by atoms with Crippen LogP contribution in [0, 0.1) is 0 Å². The lowest BCUT2D eigenvalue weighted by Crippen LogP contribution is -2.44. The number of hydrogen-bond acceptors (Lipinski definition) is 8. The molecule has 3 heterocycles. The number of nitrogens with one attached hydrogen (secondary N) is 1. The largest absolute Gasteiger partial charge is 0.480 e. The van der Waals surface area contributed by atoms with Crippen LogP contribution < -0.4 is 5.32 Å². The van der Waals surface area contributed by atoms with E-state index in [-0.39, 0.29) is 17.8 Å². The minimum Gasteiger partial charge on any atom is -0.480 e. The van der Waals surface area contributed by atoms with Crippen LogP contribution in [0.3, 0.4) is 0 Å². The van der Waals surface area contributed by atoms with Crippen molar-refractivity contribution in [2.75, 3.05) is 20.2 Å². The number of nitrogens with zero attached hydrogens (tertiary/aromatic N) is 3. The molecule has 3 rings (SSSR count). The lowest BCUT2D eigenvalue weighted by atomic mass is 10.0. The van der Waals surface area contributed by atoms with E-state index >= 15 is 0 Å². The number of amidine groups is 1. The van der Waals surface area contributed by atoms with Crippen LogP contribution in [0.2, 0.25) is 4.34 Å². The van der Waals surface area contributed by atoms with Crippen molar-refractivity contribution in [2.24, 2.45) is 4.99 Å². The molecule has 2 N–H and O–H groups in total. The van der Waals surface area contributed by atoms with Crippen molar-refractivity contribution >= 4 is 40.7 Å². The first-order valence-electron chi connectivity index (χ1n) is 8.24. The van der Waals surface area contributed by atoms with Gasteiger partial charge < -0.3 is 15.2 Å². The number of carboxylic acid groups (broad SMARTS) is 1. The summed E-state index contributed by atoms with van der Waals surface area (Å²) in [5, 5.41) is 12.7. The first-order valence-corrected chi connectivity index (χ1v) is 9.43. The molecule has 1 fully saturated rings. The number of carbonyl (C=O) groups is 2. The summed E-state index contributed by atoms with van der Waals surface area (Å²) in [5.74, 6) is -4.82. The minimum atomic E-state index is -3.13. The predicted octanol–water partition coefficient (Wildman–Crippen LogP) is 1.76. The van der Waals surface area contributed by atoms with Crippen molar-refractivity contribution in [1.82, 2.24) is 15.2 Å². The van der Waals surface area contributed by atoms with E-state index in [2.05, 4.69) is 15.3 Å². The molecule has 0 amide bonds. The molecule has 2 aliphatic heterocycles. The first kappa shape index (κ1) is 20.6. The molecule has 0 spiro atoms. The van der Waals surface area contributed by atoms with E-state index in [1.54, 1.807) is 6.92 Å². The zero-order valence-electron chi connectivity index (χ0n) is 14.9. The number of aliphatic carboxylic acids is 1. The van der Waals surface area contributed by atoms with Crippen LogP contribution in [-0.2, 0) is 14.3 Å². The number of esters is 1. The summed E-state index contributed by atoms with van der Waals surface area (Å²) in [5.41, 5.74) is 0.396. The molecule has 12 heteroatoms. The molecule has 1 saturated heterocycles. The van der Waals surface area contributed by atoms with Crippen LogP contribution in [0.5, 0.6) is 0 Å². The van der Waals surface area contributed by atoms with Gasteiger partial charge in [0.05, 0.1) is 31.5 Å². The van der Waals surface area contributed by atoms with E-state index in [4.69, 9.17) is 16.3 Å². The van der Waals surface area contributed by atoms with E-state index in [1.807, 2.05) is 0 Å². The average molecular weight is 435 g/mol. The highest BCUT2D eigenvalue weighted by atomic mass is 35.5. The van der Waals surface area contributed by atoms with E-state index in [0.29, 0.717) is 15.2 Å². The van der Waals surface area contributed by atoms with Gasteiger partial charge in [-0.3, -0.25) is 14.7 Å². The van der Waals surface area contributed by atoms with Gasteiger partial charge in [-0.05, 0) is 6.92 Å². The Bertz CT molecular complexity index is 873. The summed E-state index contributed by atoms with van der Waals surface area (Å²) in [7, 11) is 1.20. The Morgan fingerprint density at radius 1 is 1.54 bits per heavy atom. The number of aromatic nitrogens is 1. The van der Waals surface area contributed by atoms with Crippen LogP contribution in [0.15, 0.2) is 22.5 Å². The number of rotatable bonds is 5. The smallest absolute Gasteiger partial charge is 0.337 e. The first-order chi connectivity index (χ1) is 13.1. The van der Waals surface area contributed by atoms with Gasteiger partial charge in [-0.25, -0.2) is 18.6 Å². The molecule has 1 aromatic heterocycles. The highest BCUT2D eigenvalue weighted by Crippen LogP contribution is 2.33. The fourth-order valence-corrected chi connectivity index (χ4v) is 4.11. The van der Waals surface area contributed by atoms with Gasteiger partial charge in [0.15, 0.2) is 10.8 Å². The second-order valence-electron chi connectivity index (χ2n) is 6.45. The van der Waals surface area contributed by atoms with Gasteiger partial charge in [0.2, 0.25) is 0 Å². The summed E-state index contributed by atoms with van der Waals surface area (Å²) in [6, 6.07) is -2.01. The highest BCUT2D eigenvalue weighted by Gasteiger charge is 2.48. The van der Waals surface area contributed by atoms with Crippen molar-refractivity contribution < 1.29 is 28.2 Å². The van der Waals surface area contributed by atoms with Gasteiger partial charge in [-0.2, -0.15) is 0 Å². The Kier molecular flexibility index (Phi) is 5.69. The van der Waals surface area contributed by atoms with Crippen molar-refractivity contribution in [2.45, 2.75) is 31.4 Å². The molecule has 0 radical (unpaired) electrons. The van der Waals surface area contributed by atoms with Crippen molar-refractivity contribution in [3.05, 3.63) is 26.8 Å². The fourth-order valence-electron chi connectivity index (χ4n) is 3.25. The van der Waals surface area contributed by atoms with Crippen molar-refractivity contribution in [3.63, 3.8) is 0 Å². The number of hydrogen-bond donors (Lipinski definition) is 2. The quantitative estimate of drug-likeness (QED) is 0.680. The maximum Gasteiger partial charge on any atom is 0.337 e. The van der Waals surface area contributed by atoms with Gasteiger partial charge in [-0.1, -0.05) is 22.9 Å². The van der Waals surface area contributed by atoms with Gasteiger partial charge in [0.1, 0.15) is 10.4 Å². The maximum atomic E-state index is 13.8. The fraction of sp³-hybridized carbons (Fsp3) is 0.500. The second-order valence-corrected chi connectivity index (χ2v) is 8.11. The summed E-state index contributed by atoms with van der Waals surface area (Å²) >= 11 is 7.06. The van der Waals surface area contributed by atoms with Crippen LogP contribution >= 0.6 is 22.9 Å². The summed E-state index contributed by atoms with van der Waals surface area (Å²) in [4.78, 5) is 33.3. The third kappa shape index (κ3) is 4.15. The maximum absolute atomic E-state index is 13.8. The number of aliphatic imine (C=N–C) groups is 1. The SMILES string of the molecule is COC(=O)C1=C(CN2CC(F)(F)CC2C(=O)O)NC(c2ncc(Cl)s2)=NC1C. The number of carbonyl (C=O) groups excluding carboxylic acids is 1. The second kappa shape index (κ2) is 7.72. The normalized spacial score (nSPS) is 24.7. The molecule has 0 bridgehead atoms. The molecular weight excluding hydrogens is 418 g/mol. The lowest BCUT2D eigenvalue weighted by molar-refractivity contribution is -0.142. The van der Waals surface area contributed by atoms with Crippen LogP contribution in [0.25, 0.3) is 0 Å². The molecule has 0 aliphatic carbocycles. The van der Waals surface area contributed by atoms with Crippen LogP contribution in [0.4, 0.5) is 8.78 Å². The molecular formula is C16H17ClF2N4O4S. The number of carboxylic acids is 1. The number of thiazole rings is 1. The predicted molar refractivity (Wildman–Crippen MR) is 97.9 cm³/mol. The van der Waals surface area contributed by atoms with Crippen LogP contribution in [-0.4, -0.2) is 71.0 Å². The number of ether oxygens (including phenoxy) is 1. The van der Waals surface area contributed by atoms with E-state index < -0.39 is 42.9 Å². The molecule has 0 aromatic carbocycles. The van der Waals surface area contributed by atoms with Crippen molar-refractivity contribution in [1.29, 1.82) is 0 Å². The third-order valence-corrected chi connectivity index (χ3v) is 5.56. The van der Waals surface area contributed by atoms with Gasteiger partial charge in [0.25, 0.3) is 5.92 Å². The zero-order valence-corrected chi connectivity index (χ0v) is 16.5. The number of alkyl halides is 2. The van der Waals surface area contributed by atoms with Gasteiger partial charge >= 0.3 is 11.9 Å². The zero-order chi connectivity index (χ0) is 20.6. The molecule has 152 valence electrons. The summed E-state index contributed by atoms with van der Waals surface area (Å²) in [6.45, 7) is 0.711.